The quantitative estimate of drug-likeness (QED) is 0.0799. The average Bonchev–Trinajstić information content (AvgIpc) is 3.04. The van der Waals surface area contributed by atoms with E-state index in [1.54, 1.807) is 6.20 Å². The van der Waals surface area contributed by atoms with Crippen LogP contribution < -0.4 is 22.0 Å². The van der Waals surface area contributed by atoms with Gasteiger partial charge in [-0.15, -0.1) is 0 Å². The Balaban J connectivity index is 1.18. The number of carbonyl (C=O) groups is 2. The molecule has 1 saturated heterocycles. The first-order chi connectivity index (χ1) is 21.8. The predicted octanol–water partition coefficient (Wildman–Crippen LogP) is 3.22. The van der Waals surface area contributed by atoms with E-state index in [4.69, 9.17) is 17.4 Å². The zero-order valence-corrected chi connectivity index (χ0v) is 26.0. The van der Waals surface area contributed by atoms with Crippen LogP contribution in [0.25, 0.3) is 11.0 Å². The number of amides is 2. The van der Waals surface area contributed by atoms with Crippen LogP contribution in [0.2, 0.25) is 5.02 Å². The number of hydrazine groups is 1. The molecule has 1 aliphatic heterocycles. The largest absolute Gasteiger partial charge is 0.354 e. The van der Waals surface area contributed by atoms with Crippen molar-refractivity contribution in [2.45, 2.75) is 19.3 Å². The number of fused-ring (bicyclic) bond motifs is 1. The van der Waals surface area contributed by atoms with Crippen LogP contribution in [0, 0.1) is 0 Å². The van der Waals surface area contributed by atoms with Gasteiger partial charge in [0.1, 0.15) is 11.2 Å². The van der Waals surface area contributed by atoms with Crippen LogP contribution in [0.1, 0.15) is 39.1 Å². The van der Waals surface area contributed by atoms with Gasteiger partial charge in [-0.1, -0.05) is 41.9 Å². The zero-order valence-electron chi connectivity index (χ0n) is 25.3. The highest BCUT2D eigenvalue weighted by atomic mass is 35.5. The minimum atomic E-state index is -0.691. The third kappa shape index (κ3) is 8.64. The van der Waals surface area contributed by atoms with Crippen LogP contribution in [0.15, 0.2) is 65.6 Å². The molecule has 4 aromatic rings. The number of nitrogens with zero attached hydrogens (tertiary/aromatic N) is 5. The topological polar surface area (TPSA) is 153 Å². The van der Waals surface area contributed by atoms with Gasteiger partial charge in [0.2, 0.25) is 5.95 Å². The SMILES string of the molecule is CN1CCN(CCCNc2ncc3cc(C(=O)Nc4cc(C(=O)N(N)CCCc5ccccc5)ccc4Cl)c(=O)[nH]c3n2)CC1. The molecule has 0 atom stereocenters. The lowest BCUT2D eigenvalue weighted by molar-refractivity contribution is 0.0753. The number of likely N-dealkylation sites (N-methyl/N-ethyl adjacent to an activating group) is 1. The Hall–Kier alpha value is -4.36. The van der Waals surface area contributed by atoms with Crippen LogP contribution in [0.4, 0.5) is 11.6 Å². The van der Waals surface area contributed by atoms with Crippen molar-refractivity contribution in [1.82, 2.24) is 29.8 Å². The lowest BCUT2D eigenvalue weighted by Crippen LogP contribution is -2.44. The van der Waals surface area contributed by atoms with Crippen molar-refractivity contribution in [1.29, 1.82) is 0 Å². The molecule has 1 aliphatic rings. The predicted molar refractivity (Wildman–Crippen MR) is 177 cm³/mol. The lowest BCUT2D eigenvalue weighted by Gasteiger charge is -2.32. The molecule has 0 unspecified atom stereocenters. The van der Waals surface area contributed by atoms with Crippen molar-refractivity contribution in [2.75, 3.05) is 63.5 Å². The number of nitrogens with one attached hydrogen (secondary N) is 3. The molecule has 2 aromatic carbocycles. The molecule has 5 rings (SSSR count). The fourth-order valence-corrected chi connectivity index (χ4v) is 5.30. The second kappa shape index (κ2) is 15.1. The normalized spacial score (nSPS) is 13.9. The summed E-state index contributed by atoms with van der Waals surface area (Å²) in [4.78, 5) is 55.2. The Morgan fingerprint density at radius 3 is 2.62 bits per heavy atom. The van der Waals surface area contributed by atoms with Gasteiger partial charge in [0.25, 0.3) is 17.4 Å². The van der Waals surface area contributed by atoms with Gasteiger partial charge in [-0.25, -0.2) is 10.8 Å². The Morgan fingerprint density at radius 1 is 1.07 bits per heavy atom. The molecule has 5 N–H and O–H groups in total. The van der Waals surface area contributed by atoms with E-state index in [-0.39, 0.29) is 21.8 Å². The molecule has 1 fully saturated rings. The van der Waals surface area contributed by atoms with Crippen LogP contribution in [-0.2, 0) is 6.42 Å². The first-order valence-corrected chi connectivity index (χ1v) is 15.4. The van der Waals surface area contributed by atoms with E-state index in [0.29, 0.717) is 36.5 Å². The van der Waals surface area contributed by atoms with Gasteiger partial charge in [0.05, 0.1) is 10.7 Å². The van der Waals surface area contributed by atoms with Crippen molar-refractivity contribution in [3.8, 4) is 0 Å². The van der Waals surface area contributed by atoms with Crippen molar-refractivity contribution < 1.29 is 9.59 Å². The summed E-state index contributed by atoms with van der Waals surface area (Å²) in [5.74, 6) is 5.34. The van der Waals surface area contributed by atoms with Crippen LogP contribution >= 0.6 is 11.6 Å². The van der Waals surface area contributed by atoms with E-state index < -0.39 is 17.4 Å². The highest BCUT2D eigenvalue weighted by Gasteiger charge is 2.18. The van der Waals surface area contributed by atoms with Gasteiger partial charge in [0, 0.05) is 56.4 Å². The fourth-order valence-electron chi connectivity index (χ4n) is 5.13. The van der Waals surface area contributed by atoms with Crippen LogP contribution in [-0.4, -0.2) is 94.4 Å². The summed E-state index contributed by atoms with van der Waals surface area (Å²) in [6.07, 6.45) is 3.96. The number of aryl methyl sites for hydroxylation is 1. The number of nitrogens with two attached hydrogens (primary N) is 1. The molecule has 3 heterocycles. The zero-order chi connectivity index (χ0) is 31.8. The van der Waals surface area contributed by atoms with Gasteiger partial charge in [0.15, 0.2) is 0 Å². The van der Waals surface area contributed by atoms with Gasteiger partial charge < -0.3 is 25.4 Å². The molecule has 12 nitrogen and oxygen atoms in total. The molecule has 236 valence electrons. The molecule has 0 aliphatic carbocycles. The maximum Gasteiger partial charge on any atom is 0.267 e. The molecular weight excluding hydrogens is 594 g/mol. The third-order valence-electron chi connectivity index (χ3n) is 7.80. The fraction of sp³-hybridized carbons (Fsp3) is 0.344. The minimum absolute atomic E-state index is 0.145. The number of piperazine rings is 1. The second-order valence-corrected chi connectivity index (χ2v) is 11.6. The van der Waals surface area contributed by atoms with Crippen molar-refractivity contribution in [3.05, 3.63) is 92.9 Å². The van der Waals surface area contributed by atoms with E-state index in [1.165, 1.54) is 24.3 Å². The molecule has 2 amide bonds. The van der Waals surface area contributed by atoms with Crippen LogP contribution in [0.5, 0.6) is 0 Å². The molecule has 0 radical (unpaired) electrons. The molecule has 2 aromatic heterocycles. The summed E-state index contributed by atoms with van der Waals surface area (Å²) < 4.78 is 0. The Morgan fingerprint density at radius 2 is 1.84 bits per heavy atom. The summed E-state index contributed by atoms with van der Waals surface area (Å²) in [6.45, 7) is 6.33. The van der Waals surface area contributed by atoms with Gasteiger partial charge in [-0.05, 0) is 62.7 Å². The molecule has 45 heavy (non-hydrogen) atoms. The van der Waals surface area contributed by atoms with Gasteiger partial charge in [-0.2, -0.15) is 4.98 Å². The minimum Gasteiger partial charge on any atom is -0.354 e. The molecule has 0 spiro atoms. The maximum absolute atomic E-state index is 13.1. The van der Waals surface area contributed by atoms with E-state index in [2.05, 4.69) is 42.4 Å². The van der Waals surface area contributed by atoms with Crippen molar-refractivity contribution >= 4 is 46.1 Å². The van der Waals surface area contributed by atoms with E-state index in [0.717, 1.165) is 56.1 Å². The number of carbonyl (C=O) groups excluding carboxylic acids is 2. The summed E-state index contributed by atoms with van der Waals surface area (Å²) in [5.41, 5.74) is 1.14. The number of anilines is 2. The summed E-state index contributed by atoms with van der Waals surface area (Å²) in [7, 11) is 2.14. The van der Waals surface area contributed by atoms with Crippen molar-refractivity contribution in [3.63, 3.8) is 0 Å². The van der Waals surface area contributed by atoms with Crippen molar-refractivity contribution in [2.24, 2.45) is 5.84 Å². The maximum atomic E-state index is 13.1. The standard InChI is InChI=1S/C32H38ClN9O3/c1-40-15-17-41(18-16-40)13-6-12-35-32-36-21-24-19-25(30(44)38-28(24)39-32)29(43)37-27-20-23(10-11-26(27)33)31(45)42(34)14-5-9-22-7-3-2-4-8-22/h2-4,7-8,10-11,19-21H,5-6,9,12-18,34H2,1H3,(H,37,43)(H2,35,36,38,39,44). The van der Waals surface area contributed by atoms with Crippen LogP contribution in [0.3, 0.4) is 0 Å². The Kier molecular flexibility index (Phi) is 10.7. The number of H-pyrrole nitrogens is 1. The molecule has 13 heteroatoms. The number of halogens is 1. The highest BCUT2D eigenvalue weighted by Crippen LogP contribution is 2.24. The molecule has 0 bridgehead atoms. The van der Waals surface area contributed by atoms with Gasteiger partial charge in [-0.3, -0.25) is 19.4 Å². The third-order valence-corrected chi connectivity index (χ3v) is 8.13. The average molecular weight is 632 g/mol. The molecular formula is C32H38ClN9O3. The summed E-state index contributed by atoms with van der Waals surface area (Å²) in [5, 5.41) is 7.69. The number of pyridine rings is 1. The highest BCUT2D eigenvalue weighted by molar-refractivity contribution is 6.34. The lowest BCUT2D eigenvalue weighted by atomic mass is 10.1. The summed E-state index contributed by atoms with van der Waals surface area (Å²) >= 11 is 6.33. The van der Waals surface area contributed by atoms with E-state index >= 15 is 0 Å². The van der Waals surface area contributed by atoms with E-state index in [1.807, 2.05) is 30.3 Å². The first kappa shape index (κ1) is 32.0. The molecule has 0 saturated carbocycles. The first-order valence-electron chi connectivity index (χ1n) is 15.0. The number of hydrogen-bond donors (Lipinski definition) is 4. The monoisotopic (exact) mass is 631 g/mol. The summed E-state index contributed by atoms with van der Waals surface area (Å²) in [6, 6.07) is 15.8. The number of rotatable bonds is 12. The second-order valence-electron chi connectivity index (χ2n) is 11.2. The number of aromatic nitrogens is 3. The number of hydrogen-bond acceptors (Lipinski definition) is 9. The number of aromatic amines is 1. The Labute approximate surface area is 266 Å². The Bertz CT molecular complexity index is 1690. The number of benzene rings is 2. The van der Waals surface area contributed by atoms with E-state index in [9.17, 15) is 14.4 Å². The van der Waals surface area contributed by atoms with Gasteiger partial charge >= 0.3 is 0 Å². The smallest absolute Gasteiger partial charge is 0.267 e.